The first-order valence-corrected chi connectivity index (χ1v) is 43.9. The van der Waals surface area contributed by atoms with Crippen LogP contribution in [-0.2, 0) is 93.3 Å². The zero-order valence-electron chi connectivity index (χ0n) is 77.6. The second-order valence-corrected chi connectivity index (χ2v) is 33.7. The van der Waals surface area contributed by atoms with E-state index in [1.165, 1.54) is 29.2 Å². The number of alkyl carbamates (subject to hydrolysis) is 2. The molecule has 130 heavy (non-hydrogen) atoms. The summed E-state index contributed by atoms with van der Waals surface area (Å²) in [4.78, 5) is 200. The number of nitrogens with zero attached hydrogens (tertiary/aromatic N) is 4. The average Bonchev–Trinajstić information content (AvgIpc) is 1.64. The third-order valence-electron chi connectivity index (χ3n) is 19.2. The number of ether oxygens (including phenoxy) is 4. The number of primary amides is 2. The Hall–Kier alpha value is -13.3. The summed E-state index contributed by atoms with van der Waals surface area (Å²) in [7, 11) is 3.41. The molecule has 0 aliphatic carbocycles. The summed E-state index contributed by atoms with van der Waals surface area (Å²) in [6.45, 7) is 27.2. The van der Waals surface area contributed by atoms with Gasteiger partial charge in [0.1, 0.15) is 50.6 Å². The zero-order valence-corrected chi connectivity index (χ0v) is 77.6. The maximum absolute atomic E-state index is 13.4. The number of amides is 18. The molecule has 0 bridgehead atoms. The molecule has 2 aliphatic rings. The lowest BCUT2D eigenvalue weighted by molar-refractivity contribution is -0.138. The molecule has 2 unspecified atom stereocenters. The summed E-state index contributed by atoms with van der Waals surface area (Å²) in [5.74, 6) is -3.28. The first kappa shape index (κ1) is 111. The molecule has 18 amide bonds. The summed E-state index contributed by atoms with van der Waals surface area (Å²) >= 11 is 0. The maximum Gasteiger partial charge on any atom is 0.409 e. The van der Waals surface area contributed by atoms with Crippen molar-refractivity contribution in [1.29, 1.82) is 0 Å². The van der Waals surface area contributed by atoms with Gasteiger partial charge in [0.2, 0.25) is 35.4 Å². The second-order valence-electron chi connectivity index (χ2n) is 33.7. The highest BCUT2D eigenvalue weighted by molar-refractivity contribution is 6.13. The van der Waals surface area contributed by atoms with Crippen LogP contribution < -0.4 is 76.1 Å². The van der Waals surface area contributed by atoms with Crippen molar-refractivity contribution in [2.24, 2.45) is 47.0 Å². The molecule has 0 fully saturated rings. The highest BCUT2D eigenvalue weighted by atomic mass is 16.6. The molecule has 0 spiro atoms. The van der Waals surface area contributed by atoms with Gasteiger partial charge in [-0.1, -0.05) is 144 Å². The Morgan fingerprint density at radius 3 is 0.946 bits per heavy atom. The minimum atomic E-state index is -0.997. The van der Waals surface area contributed by atoms with Crippen LogP contribution in [0.25, 0.3) is 0 Å². The quantitative estimate of drug-likeness (QED) is 0.00847. The lowest BCUT2D eigenvalue weighted by Gasteiger charge is -2.25. The smallest absolute Gasteiger partial charge is 0.409 e. The van der Waals surface area contributed by atoms with Crippen LogP contribution in [0.5, 0.6) is 0 Å². The Bertz CT molecular complexity index is 4320. The number of urea groups is 2. The molecule has 6 rings (SSSR count). The molecular weight excluding hydrogens is 1680 g/mol. The molecule has 4 aromatic carbocycles. The van der Waals surface area contributed by atoms with Crippen LogP contribution in [0.15, 0.2) is 121 Å². The summed E-state index contributed by atoms with van der Waals surface area (Å²) in [5, 5.41) is 26.8. The van der Waals surface area contributed by atoms with Crippen LogP contribution >= 0.6 is 0 Å². The van der Waals surface area contributed by atoms with E-state index in [1.54, 1.807) is 119 Å². The number of benzene rings is 4. The lowest BCUT2D eigenvalue weighted by Crippen LogP contribution is -2.54. The molecule has 0 aromatic heterocycles. The average molecular weight is 1820 g/mol. The zero-order chi connectivity index (χ0) is 97.0. The van der Waals surface area contributed by atoms with E-state index in [4.69, 9.17) is 41.9 Å². The Kier molecular flexibility index (Phi) is 51.5. The Morgan fingerprint density at radius 2 is 0.662 bits per heavy atom. The molecule has 2 aliphatic heterocycles. The van der Waals surface area contributed by atoms with Crippen molar-refractivity contribution in [3.05, 3.63) is 144 Å². The Balaban J connectivity index is 0.000000497. The molecule has 0 saturated carbocycles. The number of rotatable bonds is 48. The predicted octanol–water partition coefficient (Wildman–Crippen LogP) is 9.12. The summed E-state index contributed by atoms with van der Waals surface area (Å²) < 4.78 is 20.8. The van der Waals surface area contributed by atoms with E-state index >= 15 is 0 Å². The topological polar surface area (TPSA) is 547 Å². The fourth-order valence-corrected chi connectivity index (χ4v) is 12.2. The van der Waals surface area contributed by atoms with E-state index in [2.05, 4.69) is 67.0 Å². The third kappa shape index (κ3) is 47.5. The lowest BCUT2D eigenvalue weighted by atomic mass is 10.0. The van der Waals surface area contributed by atoms with Gasteiger partial charge in [-0.15, -0.1) is 0 Å². The van der Waals surface area contributed by atoms with Crippen LogP contribution in [0.4, 0.5) is 51.5 Å². The number of anilines is 4. The van der Waals surface area contributed by atoms with Gasteiger partial charge in [-0.2, -0.15) is 0 Å². The van der Waals surface area contributed by atoms with Gasteiger partial charge < -0.3 is 105 Å². The highest BCUT2D eigenvalue weighted by Gasteiger charge is 2.32. The van der Waals surface area contributed by atoms with Gasteiger partial charge in [0.25, 0.3) is 23.6 Å². The fourth-order valence-electron chi connectivity index (χ4n) is 12.2. The van der Waals surface area contributed by atoms with Gasteiger partial charge in [0.15, 0.2) is 0 Å². The van der Waals surface area contributed by atoms with Crippen molar-refractivity contribution in [1.82, 2.24) is 62.1 Å². The summed E-state index contributed by atoms with van der Waals surface area (Å²) in [6.07, 6.45) is 7.87. The normalized spacial score (nSPS) is 12.8. The van der Waals surface area contributed by atoms with Crippen molar-refractivity contribution >= 4 is 118 Å². The van der Waals surface area contributed by atoms with Crippen molar-refractivity contribution in [2.75, 3.05) is 88.6 Å². The summed E-state index contributed by atoms with van der Waals surface area (Å²) in [6, 6.07) is 22.7. The highest BCUT2D eigenvalue weighted by Crippen LogP contribution is 2.19. The fraction of sp³-hybridized carbons (Fsp3) is 0.522. The number of carbonyl (C=O) groups is 16. The van der Waals surface area contributed by atoms with E-state index in [-0.39, 0.29) is 144 Å². The first-order chi connectivity index (χ1) is 61.5. The van der Waals surface area contributed by atoms with Crippen molar-refractivity contribution in [2.45, 2.75) is 211 Å². The molecule has 18 N–H and O–H groups in total. The third-order valence-corrected chi connectivity index (χ3v) is 19.2. The van der Waals surface area contributed by atoms with Crippen LogP contribution in [0.1, 0.15) is 182 Å². The molecule has 2 heterocycles. The molecule has 4 atom stereocenters. The molecule has 38 nitrogen and oxygen atoms in total. The SMILES string of the molecule is CC(C)CN(C)C(=O)OCc1ccc(N)cc1.CC(C)CN(C)C(=O)OCc1ccc(NC(=O)[C@H](CCCNC(N)=O)NC(=O)C(NC(=O)CCCCCN2C(=O)C=CC2=O)C(C)C)cc1.CC(C)CNC(=O)OCc1ccc(N)cc1.CC(C)CNC(=O)OCc1ccc(NC(=O)[C@H](CCCNC(N)=O)NC(=O)C(NC(=O)CCCCCN2C(=O)C=CC2=O)C(C)C)cc1. The number of nitrogens with one attached hydrogen (secondary N) is 10. The maximum atomic E-state index is 13.4. The van der Waals surface area contributed by atoms with Crippen molar-refractivity contribution in [3.8, 4) is 0 Å². The standard InChI is InChI=1S/C34H51N7O8.C33H49N7O8.C13H20N2O2.C12H18N2O2/c1-22(2)20-40(5)34(48)49-21-24-12-14-25(15-13-24)37-31(45)26(10-9-18-36-33(35)47)38-32(46)30(23(3)4)39-27(42)11-7-6-8-19-41-28(43)16-17-29(41)44;1-21(2)19-36-33(47)48-20-23-11-13-24(14-12-23)37-30(44)25(9-8-17-35-32(34)46)38-31(45)29(22(3)4)39-26(41)10-6-5-7-18-40-27(42)15-16-28(40)43;1-10(2)8-15(3)13(16)17-9-11-4-6-12(14)7-5-11;1-9(2)7-14-12(15)16-8-10-3-5-11(13)6-4-10/h12-17,22-23,26,30H,6-11,18-21H2,1-5H3,(H,37,45)(H,38,46)(H,39,42)(H3,35,36,47);11-16,21-22,25,29H,5-10,17-20H2,1-4H3,(H,36,47)(H,37,44)(H,38,45)(H,39,41)(H3,34,35,46);4-7,10H,8-9,14H2,1-3H3;3-6,9H,7-8,13H2,1-2H3,(H,14,15)/t26-,30?;25-,29?;;/m00../s1. The number of carbonyl (C=O) groups excluding carboxylic acids is 16. The van der Waals surface area contributed by atoms with Crippen molar-refractivity contribution in [3.63, 3.8) is 0 Å². The number of nitrogens with two attached hydrogens (primary N) is 4. The first-order valence-electron chi connectivity index (χ1n) is 43.9. The minimum absolute atomic E-state index is 0.0460. The van der Waals surface area contributed by atoms with Crippen LogP contribution in [-0.4, -0.2) is 206 Å². The molecular formula is C92H138N18O20. The molecule has 0 radical (unpaired) electrons. The molecule has 38 heteroatoms. The van der Waals surface area contributed by atoms with Gasteiger partial charge in [-0.05, 0) is 158 Å². The number of unbranched alkanes of at least 4 members (excludes halogenated alkanes) is 4. The largest absolute Gasteiger partial charge is 0.445 e. The van der Waals surface area contributed by atoms with Gasteiger partial charge >= 0.3 is 36.4 Å². The van der Waals surface area contributed by atoms with E-state index in [0.717, 1.165) is 26.5 Å². The second kappa shape index (κ2) is 60.4. The van der Waals surface area contributed by atoms with E-state index in [9.17, 15) is 76.7 Å². The van der Waals surface area contributed by atoms with Gasteiger partial charge in [0.05, 0.1) is 0 Å². The molecule has 4 aromatic rings. The monoisotopic (exact) mass is 1820 g/mol. The van der Waals surface area contributed by atoms with Gasteiger partial charge in [0, 0.05) is 126 Å². The van der Waals surface area contributed by atoms with E-state index in [1.807, 2.05) is 65.8 Å². The Labute approximate surface area is 762 Å². The van der Waals surface area contributed by atoms with Gasteiger partial charge in [-0.25, -0.2) is 28.8 Å². The number of nitrogen functional groups attached to an aromatic ring is 2. The van der Waals surface area contributed by atoms with E-state index < -0.39 is 72.0 Å². The molecule has 716 valence electrons. The molecule has 0 saturated heterocycles. The minimum Gasteiger partial charge on any atom is -0.445 e. The number of hydrogen-bond donors (Lipinski definition) is 14. The Morgan fingerprint density at radius 1 is 0.362 bits per heavy atom. The summed E-state index contributed by atoms with van der Waals surface area (Å²) in [5.41, 5.74) is 27.0. The predicted molar refractivity (Wildman–Crippen MR) is 493 cm³/mol. The number of imide groups is 2. The van der Waals surface area contributed by atoms with E-state index in [0.29, 0.717) is 124 Å². The van der Waals surface area contributed by atoms with Crippen LogP contribution in [0.2, 0.25) is 0 Å². The number of hydrogen-bond acceptors (Lipinski definition) is 22. The van der Waals surface area contributed by atoms with Crippen LogP contribution in [0, 0.1) is 35.5 Å². The van der Waals surface area contributed by atoms with Crippen molar-refractivity contribution < 1.29 is 95.7 Å². The van der Waals surface area contributed by atoms with Gasteiger partial charge in [-0.3, -0.25) is 57.7 Å². The van der Waals surface area contributed by atoms with Crippen LogP contribution in [0.3, 0.4) is 0 Å².